The quantitative estimate of drug-likeness (QED) is 0.208. The fourth-order valence-corrected chi connectivity index (χ4v) is 2.90. The molecule has 1 saturated heterocycles. The molecule has 1 aromatic rings. The maximum atomic E-state index is 12.2. The standard InChI is InChI=1S/C20H33N5O2.HI/c1-3-17-7-5-8-18(15-17)24-19(26)16-23-20(21-4-2)22-9-6-10-25-11-13-27-14-12-25;/h5,7-8,15H,3-4,6,9-14,16H2,1-2H3,(H,24,26)(H2,21,22,23);1H. The number of guanidine groups is 1. The van der Waals surface area contributed by atoms with Gasteiger partial charge in [0.2, 0.25) is 5.91 Å². The third kappa shape index (κ3) is 9.70. The third-order valence-corrected chi connectivity index (χ3v) is 4.39. The average molecular weight is 503 g/mol. The van der Waals surface area contributed by atoms with Gasteiger partial charge in [0.15, 0.2) is 5.96 Å². The molecule has 0 unspecified atom stereocenters. The smallest absolute Gasteiger partial charge is 0.246 e. The lowest BCUT2D eigenvalue weighted by molar-refractivity contribution is -0.114. The first-order valence-corrected chi connectivity index (χ1v) is 9.92. The van der Waals surface area contributed by atoms with E-state index >= 15 is 0 Å². The van der Waals surface area contributed by atoms with Crippen LogP contribution in [0, 0.1) is 0 Å². The number of halogens is 1. The van der Waals surface area contributed by atoms with Gasteiger partial charge in [0.25, 0.3) is 0 Å². The maximum absolute atomic E-state index is 12.2. The van der Waals surface area contributed by atoms with E-state index in [1.165, 1.54) is 5.56 Å². The summed E-state index contributed by atoms with van der Waals surface area (Å²) < 4.78 is 5.36. The van der Waals surface area contributed by atoms with E-state index in [9.17, 15) is 4.79 Å². The summed E-state index contributed by atoms with van der Waals surface area (Å²) in [4.78, 5) is 19.0. The van der Waals surface area contributed by atoms with E-state index < -0.39 is 0 Å². The number of benzene rings is 1. The van der Waals surface area contributed by atoms with Crippen LogP contribution in [0.15, 0.2) is 29.3 Å². The summed E-state index contributed by atoms with van der Waals surface area (Å²) in [5, 5.41) is 9.39. The Morgan fingerprint density at radius 3 is 2.71 bits per heavy atom. The van der Waals surface area contributed by atoms with Crippen LogP contribution >= 0.6 is 24.0 Å². The topological polar surface area (TPSA) is 78.0 Å². The second kappa shape index (κ2) is 14.6. The highest BCUT2D eigenvalue weighted by Crippen LogP contribution is 2.10. The number of hydrogen-bond donors (Lipinski definition) is 3. The van der Waals surface area contributed by atoms with Gasteiger partial charge >= 0.3 is 0 Å². The lowest BCUT2D eigenvalue weighted by Crippen LogP contribution is -2.41. The molecule has 1 fully saturated rings. The Bertz CT molecular complexity index is 606. The minimum atomic E-state index is -0.117. The lowest BCUT2D eigenvalue weighted by atomic mass is 10.1. The van der Waals surface area contributed by atoms with Gasteiger partial charge in [-0.25, -0.2) is 4.99 Å². The number of morpholine rings is 1. The normalized spacial score (nSPS) is 14.9. The molecule has 8 heteroatoms. The Kier molecular flexibility index (Phi) is 12.8. The van der Waals surface area contributed by atoms with E-state index in [0.717, 1.165) is 64.5 Å². The molecule has 0 aliphatic carbocycles. The number of nitrogens with one attached hydrogen (secondary N) is 3. The number of anilines is 1. The van der Waals surface area contributed by atoms with E-state index in [1.54, 1.807) is 0 Å². The molecule has 2 rings (SSSR count). The minimum absolute atomic E-state index is 0. The molecule has 0 radical (unpaired) electrons. The molecule has 1 aliphatic rings. The molecule has 1 heterocycles. The Labute approximate surface area is 185 Å². The van der Waals surface area contributed by atoms with Crippen LogP contribution in [0.3, 0.4) is 0 Å². The van der Waals surface area contributed by atoms with Crippen molar-refractivity contribution in [3.8, 4) is 0 Å². The van der Waals surface area contributed by atoms with Crippen molar-refractivity contribution in [2.24, 2.45) is 4.99 Å². The fourth-order valence-electron chi connectivity index (χ4n) is 2.90. The highest BCUT2D eigenvalue weighted by Gasteiger charge is 2.09. The predicted molar refractivity (Wildman–Crippen MR) is 126 cm³/mol. The molecule has 0 saturated carbocycles. The van der Waals surface area contributed by atoms with Crippen molar-refractivity contribution in [1.29, 1.82) is 0 Å². The Morgan fingerprint density at radius 2 is 2.00 bits per heavy atom. The van der Waals surface area contributed by atoms with Crippen LogP contribution in [0.2, 0.25) is 0 Å². The van der Waals surface area contributed by atoms with Crippen LogP contribution in [-0.4, -0.2) is 69.2 Å². The molecule has 1 aliphatic heterocycles. The summed E-state index contributed by atoms with van der Waals surface area (Å²) in [5.74, 6) is 0.561. The summed E-state index contributed by atoms with van der Waals surface area (Å²) in [6.07, 6.45) is 1.97. The zero-order chi connectivity index (χ0) is 19.3. The summed E-state index contributed by atoms with van der Waals surface area (Å²) in [7, 11) is 0. The van der Waals surface area contributed by atoms with Crippen molar-refractivity contribution >= 4 is 41.5 Å². The predicted octanol–water partition coefficient (Wildman–Crippen LogP) is 2.08. The molecule has 1 amide bonds. The molecule has 0 spiro atoms. The minimum Gasteiger partial charge on any atom is -0.379 e. The molecule has 28 heavy (non-hydrogen) atoms. The van der Waals surface area contributed by atoms with Gasteiger partial charge in [-0.15, -0.1) is 24.0 Å². The fraction of sp³-hybridized carbons (Fsp3) is 0.600. The van der Waals surface area contributed by atoms with Gasteiger partial charge in [0, 0.05) is 31.9 Å². The van der Waals surface area contributed by atoms with E-state index in [4.69, 9.17) is 4.74 Å². The van der Waals surface area contributed by atoms with Crippen LogP contribution in [0.25, 0.3) is 0 Å². The average Bonchev–Trinajstić information content (AvgIpc) is 2.70. The highest BCUT2D eigenvalue weighted by molar-refractivity contribution is 14.0. The summed E-state index contributed by atoms with van der Waals surface area (Å²) in [6, 6.07) is 7.91. The van der Waals surface area contributed by atoms with E-state index in [2.05, 4.69) is 38.8 Å². The monoisotopic (exact) mass is 503 g/mol. The molecule has 0 bridgehead atoms. The number of aliphatic imine (C=N–C) groups is 1. The van der Waals surface area contributed by atoms with Gasteiger partial charge < -0.3 is 20.7 Å². The van der Waals surface area contributed by atoms with Crippen LogP contribution in [-0.2, 0) is 16.0 Å². The van der Waals surface area contributed by atoms with Gasteiger partial charge in [-0.1, -0.05) is 19.1 Å². The van der Waals surface area contributed by atoms with Crippen LogP contribution < -0.4 is 16.0 Å². The largest absolute Gasteiger partial charge is 0.379 e. The summed E-state index contributed by atoms with van der Waals surface area (Å²) in [6.45, 7) is 10.5. The van der Waals surface area contributed by atoms with Gasteiger partial charge in [0.1, 0.15) is 6.54 Å². The van der Waals surface area contributed by atoms with Crippen molar-refractivity contribution in [2.45, 2.75) is 26.7 Å². The first-order chi connectivity index (χ1) is 13.2. The van der Waals surface area contributed by atoms with E-state index in [-0.39, 0.29) is 36.4 Å². The Balaban J connectivity index is 0.00000392. The van der Waals surface area contributed by atoms with Crippen molar-refractivity contribution < 1.29 is 9.53 Å². The van der Waals surface area contributed by atoms with Crippen molar-refractivity contribution in [3.05, 3.63) is 29.8 Å². The molecule has 7 nitrogen and oxygen atoms in total. The van der Waals surface area contributed by atoms with Gasteiger partial charge in [-0.05, 0) is 44.0 Å². The van der Waals surface area contributed by atoms with Crippen molar-refractivity contribution in [2.75, 3.05) is 57.8 Å². The third-order valence-electron chi connectivity index (χ3n) is 4.39. The number of ether oxygens (including phenoxy) is 1. The van der Waals surface area contributed by atoms with Crippen LogP contribution in [0.1, 0.15) is 25.8 Å². The lowest BCUT2D eigenvalue weighted by Gasteiger charge is -2.26. The zero-order valence-electron chi connectivity index (χ0n) is 17.0. The first-order valence-electron chi connectivity index (χ1n) is 9.92. The number of carbonyl (C=O) groups is 1. The molecule has 1 aromatic carbocycles. The second-order valence-electron chi connectivity index (χ2n) is 6.53. The molecule has 0 atom stereocenters. The number of rotatable bonds is 9. The number of amides is 1. The zero-order valence-corrected chi connectivity index (χ0v) is 19.3. The molecular weight excluding hydrogens is 469 g/mol. The molecule has 158 valence electrons. The number of hydrogen-bond acceptors (Lipinski definition) is 4. The summed E-state index contributed by atoms with van der Waals surface area (Å²) >= 11 is 0. The molecule has 0 aromatic heterocycles. The van der Waals surface area contributed by atoms with E-state index in [0.29, 0.717) is 5.96 Å². The van der Waals surface area contributed by atoms with Gasteiger partial charge in [-0.2, -0.15) is 0 Å². The first kappa shape index (κ1) is 24.6. The number of nitrogens with zero attached hydrogens (tertiary/aromatic N) is 2. The maximum Gasteiger partial charge on any atom is 0.246 e. The van der Waals surface area contributed by atoms with Crippen LogP contribution in [0.5, 0.6) is 0 Å². The van der Waals surface area contributed by atoms with Crippen molar-refractivity contribution in [3.63, 3.8) is 0 Å². The Hall–Kier alpha value is -1.39. The number of aryl methyl sites for hydroxylation is 1. The molecule has 3 N–H and O–H groups in total. The van der Waals surface area contributed by atoms with Crippen molar-refractivity contribution in [1.82, 2.24) is 15.5 Å². The number of carbonyl (C=O) groups excluding carboxylic acids is 1. The van der Waals surface area contributed by atoms with Gasteiger partial charge in [0.05, 0.1) is 13.2 Å². The highest BCUT2D eigenvalue weighted by atomic mass is 127. The molecular formula is C20H34IN5O2. The van der Waals surface area contributed by atoms with E-state index in [1.807, 2.05) is 25.1 Å². The Morgan fingerprint density at radius 1 is 1.21 bits per heavy atom. The SMILES string of the molecule is CCNC(=NCC(=O)Nc1cccc(CC)c1)NCCCN1CCOCC1.I. The van der Waals surface area contributed by atoms with Crippen LogP contribution in [0.4, 0.5) is 5.69 Å². The van der Waals surface area contributed by atoms with Gasteiger partial charge in [-0.3, -0.25) is 9.69 Å². The second-order valence-corrected chi connectivity index (χ2v) is 6.53. The summed E-state index contributed by atoms with van der Waals surface area (Å²) in [5.41, 5.74) is 2.02.